The molecule has 1 saturated carbocycles. The van der Waals surface area contributed by atoms with Crippen molar-refractivity contribution in [3.63, 3.8) is 0 Å². The Morgan fingerprint density at radius 2 is 1.77 bits per heavy atom. The van der Waals surface area contributed by atoms with Crippen LogP contribution >= 0.6 is 23.2 Å². The Hall–Kier alpha value is -1.63. The number of rotatable bonds is 4. The number of benzene rings is 1. The fraction of sp³-hybridized carbons (Fsp3) is 0.455. The van der Waals surface area contributed by atoms with Crippen molar-refractivity contribution in [3.8, 4) is 0 Å². The van der Waals surface area contributed by atoms with E-state index in [2.05, 4.69) is 4.98 Å². The molecule has 8 heteroatoms. The van der Waals surface area contributed by atoms with Crippen LogP contribution in [-0.2, 0) is 15.6 Å². The molecule has 2 atom stereocenters. The molecule has 2 aliphatic rings. The van der Waals surface area contributed by atoms with Crippen LogP contribution in [0.2, 0.25) is 10.0 Å². The van der Waals surface area contributed by atoms with Crippen LogP contribution in [0.1, 0.15) is 54.4 Å². The summed E-state index contributed by atoms with van der Waals surface area (Å²) in [5.74, 6) is 0.195. The molecule has 1 aromatic carbocycles. The van der Waals surface area contributed by atoms with Crippen molar-refractivity contribution in [2.24, 2.45) is 5.92 Å². The number of hydrogen-bond donors (Lipinski definition) is 0. The number of piperidine rings is 1. The highest BCUT2D eigenvalue weighted by atomic mass is 35.5. The topological polar surface area (TPSA) is 67.3 Å². The summed E-state index contributed by atoms with van der Waals surface area (Å²) in [4.78, 5) is 19.3. The van der Waals surface area contributed by atoms with E-state index in [0.29, 0.717) is 17.0 Å². The summed E-state index contributed by atoms with van der Waals surface area (Å²) in [6, 6.07) is 6.51. The molecule has 1 amide bonds. The highest BCUT2D eigenvalue weighted by Gasteiger charge is 2.36. The van der Waals surface area contributed by atoms with Gasteiger partial charge < -0.3 is 4.90 Å². The fourth-order valence-electron chi connectivity index (χ4n) is 4.80. The van der Waals surface area contributed by atoms with Crippen LogP contribution in [0.4, 0.5) is 0 Å². The van der Waals surface area contributed by atoms with E-state index in [1.165, 1.54) is 43.8 Å². The largest absolute Gasteiger partial charge is 0.335 e. The first kappa shape index (κ1) is 21.6. The van der Waals surface area contributed by atoms with Gasteiger partial charge in [-0.2, -0.15) is 0 Å². The summed E-state index contributed by atoms with van der Waals surface area (Å²) >= 11 is 12.2. The minimum absolute atomic E-state index is 0.0610. The first-order valence-corrected chi connectivity index (χ1v) is 12.7. The molecule has 1 saturated heterocycles. The summed E-state index contributed by atoms with van der Waals surface area (Å²) in [5.41, 5.74) is 0.869. The predicted molar refractivity (Wildman–Crippen MR) is 118 cm³/mol. The maximum absolute atomic E-state index is 13.2. The summed E-state index contributed by atoms with van der Waals surface area (Å²) in [6.45, 7) is 0.748. The highest BCUT2D eigenvalue weighted by Crippen LogP contribution is 2.36. The lowest BCUT2D eigenvalue weighted by atomic mass is 9.78. The molecule has 30 heavy (non-hydrogen) atoms. The zero-order chi connectivity index (χ0) is 21.3. The molecule has 4 rings (SSSR count). The van der Waals surface area contributed by atoms with Gasteiger partial charge >= 0.3 is 0 Å². The molecule has 1 aromatic heterocycles. The number of aromatic nitrogens is 1. The van der Waals surface area contributed by atoms with E-state index in [0.717, 1.165) is 25.8 Å². The smallest absolute Gasteiger partial charge is 0.255 e. The highest BCUT2D eigenvalue weighted by molar-refractivity contribution is 7.90. The molecule has 2 unspecified atom stereocenters. The van der Waals surface area contributed by atoms with Crippen LogP contribution < -0.4 is 0 Å². The number of carbonyl (C=O) groups excluding carboxylic acids is 1. The Balaban J connectivity index is 1.57. The molecule has 1 aliphatic heterocycles. The normalized spacial score (nSPS) is 21.9. The number of amides is 1. The second-order valence-corrected chi connectivity index (χ2v) is 10.9. The van der Waals surface area contributed by atoms with Gasteiger partial charge in [0, 0.05) is 25.0 Å². The molecule has 2 heterocycles. The monoisotopic (exact) mass is 466 g/mol. The van der Waals surface area contributed by atoms with Crippen molar-refractivity contribution in [3.05, 3.63) is 57.8 Å². The minimum atomic E-state index is -3.79. The van der Waals surface area contributed by atoms with Crippen molar-refractivity contribution in [2.75, 3.05) is 6.54 Å². The number of nitrogens with zero attached hydrogens (tertiary/aromatic N) is 2. The van der Waals surface area contributed by atoms with Gasteiger partial charge in [-0.05, 0) is 55.4 Å². The van der Waals surface area contributed by atoms with E-state index in [1.807, 2.05) is 4.90 Å². The van der Waals surface area contributed by atoms with Crippen molar-refractivity contribution >= 4 is 38.9 Å². The molecule has 2 fully saturated rings. The van der Waals surface area contributed by atoms with Crippen molar-refractivity contribution in [1.29, 1.82) is 0 Å². The third kappa shape index (κ3) is 4.36. The molecule has 160 valence electrons. The maximum Gasteiger partial charge on any atom is 0.255 e. The van der Waals surface area contributed by atoms with Gasteiger partial charge in [0.15, 0.2) is 9.84 Å². The molecular weight excluding hydrogens is 443 g/mol. The second-order valence-electron chi connectivity index (χ2n) is 8.14. The standard InChI is InChI=1S/C22H24Cl2N2O3S/c23-18-7-3-8-19(24)21(18)30(28,29)14-15-11-17(13-25-12-15)22(27)26-10-4-6-16-5-1-2-9-20(16)26/h3,7-8,11-13,16,20H,1-2,4-6,9-10,14H2. The van der Waals surface area contributed by atoms with Crippen molar-refractivity contribution in [1.82, 2.24) is 9.88 Å². The van der Waals surface area contributed by atoms with Crippen LogP contribution in [0.3, 0.4) is 0 Å². The van der Waals surface area contributed by atoms with E-state index in [1.54, 1.807) is 12.1 Å². The van der Waals surface area contributed by atoms with E-state index in [-0.39, 0.29) is 32.6 Å². The summed E-state index contributed by atoms with van der Waals surface area (Å²) in [6.07, 6.45) is 9.81. The lowest BCUT2D eigenvalue weighted by Crippen LogP contribution is -2.49. The van der Waals surface area contributed by atoms with Crippen LogP contribution in [0.25, 0.3) is 0 Å². The first-order valence-electron chi connectivity index (χ1n) is 10.3. The number of fused-ring (bicyclic) bond motifs is 1. The molecule has 5 nitrogen and oxygen atoms in total. The second kappa shape index (κ2) is 8.85. The molecule has 0 bridgehead atoms. The summed E-state index contributed by atoms with van der Waals surface area (Å²) in [7, 11) is -3.79. The Bertz CT molecular complexity index is 1040. The van der Waals surface area contributed by atoms with Crippen LogP contribution in [0.5, 0.6) is 0 Å². The van der Waals surface area contributed by atoms with E-state index >= 15 is 0 Å². The lowest BCUT2D eigenvalue weighted by Gasteiger charge is -2.44. The Morgan fingerprint density at radius 3 is 2.53 bits per heavy atom. The van der Waals surface area contributed by atoms with Gasteiger partial charge in [-0.25, -0.2) is 8.42 Å². The molecule has 2 aromatic rings. The van der Waals surface area contributed by atoms with Gasteiger partial charge in [0.25, 0.3) is 5.91 Å². The van der Waals surface area contributed by atoms with E-state index < -0.39 is 9.84 Å². The third-order valence-electron chi connectivity index (χ3n) is 6.13. The predicted octanol–water partition coefficient (Wildman–Crippen LogP) is 5.16. The molecule has 0 radical (unpaired) electrons. The maximum atomic E-state index is 13.2. The Labute approximate surface area is 187 Å². The SMILES string of the molecule is O=C(c1cncc(CS(=O)(=O)c2c(Cl)cccc2Cl)c1)N1CCCC2CCCCC21. The van der Waals surface area contributed by atoms with Crippen LogP contribution in [0, 0.1) is 5.92 Å². The van der Waals surface area contributed by atoms with Crippen molar-refractivity contribution < 1.29 is 13.2 Å². The number of hydrogen-bond acceptors (Lipinski definition) is 4. The fourth-order valence-corrected chi connectivity index (χ4v) is 7.37. The number of carbonyl (C=O) groups is 1. The van der Waals surface area contributed by atoms with Gasteiger partial charge in [0.1, 0.15) is 4.90 Å². The van der Waals surface area contributed by atoms with Gasteiger partial charge in [0.05, 0.1) is 21.4 Å². The third-order valence-corrected chi connectivity index (χ3v) is 8.76. The number of likely N-dealkylation sites (tertiary alicyclic amines) is 1. The lowest BCUT2D eigenvalue weighted by molar-refractivity contribution is 0.0390. The summed E-state index contributed by atoms with van der Waals surface area (Å²) in [5, 5.41) is 0.165. The molecule has 1 aliphatic carbocycles. The molecule has 0 spiro atoms. The Morgan fingerprint density at radius 1 is 1.07 bits per heavy atom. The average Bonchev–Trinajstić information content (AvgIpc) is 2.72. The van der Waals surface area contributed by atoms with Crippen LogP contribution in [0.15, 0.2) is 41.6 Å². The first-order chi connectivity index (χ1) is 14.4. The zero-order valence-electron chi connectivity index (χ0n) is 16.6. The van der Waals surface area contributed by atoms with Gasteiger partial charge in [-0.3, -0.25) is 9.78 Å². The van der Waals surface area contributed by atoms with E-state index in [9.17, 15) is 13.2 Å². The Kier molecular flexibility index (Phi) is 6.37. The number of halogens is 2. The zero-order valence-corrected chi connectivity index (χ0v) is 18.9. The quantitative estimate of drug-likeness (QED) is 0.623. The molecular formula is C22H24Cl2N2O3S. The van der Waals surface area contributed by atoms with E-state index in [4.69, 9.17) is 23.2 Å². The van der Waals surface area contributed by atoms with Gasteiger partial charge in [0.2, 0.25) is 0 Å². The van der Waals surface area contributed by atoms with Gasteiger partial charge in [-0.1, -0.05) is 42.1 Å². The number of sulfone groups is 1. The average molecular weight is 467 g/mol. The minimum Gasteiger partial charge on any atom is -0.335 e. The van der Waals surface area contributed by atoms with Crippen molar-refractivity contribution in [2.45, 2.75) is 55.2 Å². The van der Waals surface area contributed by atoms with Crippen LogP contribution in [-0.4, -0.2) is 36.8 Å². The molecule has 0 N–H and O–H groups in total. The number of pyridine rings is 1. The summed E-state index contributed by atoms with van der Waals surface area (Å²) < 4.78 is 25.8. The van der Waals surface area contributed by atoms with Gasteiger partial charge in [-0.15, -0.1) is 0 Å².